The van der Waals surface area contributed by atoms with E-state index in [2.05, 4.69) is 5.32 Å². The van der Waals surface area contributed by atoms with Crippen LogP contribution in [-0.2, 0) is 9.84 Å². The van der Waals surface area contributed by atoms with Crippen LogP contribution in [0.15, 0.2) is 24.3 Å². The van der Waals surface area contributed by atoms with Crippen LogP contribution < -0.4 is 5.32 Å². The Hall–Kier alpha value is -0.940. The predicted octanol–water partition coefficient (Wildman–Crippen LogP) is 2.73. The summed E-state index contributed by atoms with van der Waals surface area (Å²) < 4.78 is 36.6. The lowest BCUT2D eigenvalue weighted by Gasteiger charge is -2.25. The highest BCUT2D eigenvalue weighted by molar-refractivity contribution is 7.90. The van der Waals surface area contributed by atoms with Crippen molar-refractivity contribution in [3.63, 3.8) is 0 Å². The summed E-state index contributed by atoms with van der Waals surface area (Å²) in [4.78, 5) is 0. The van der Waals surface area contributed by atoms with Crippen LogP contribution in [0.2, 0.25) is 0 Å². The van der Waals surface area contributed by atoms with Crippen LogP contribution in [0.5, 0.6) is 0 Å². The predicted molar refractivity (Wildman–Crippen MR) is 81.2 cm³/mol. The second-order valence-electron chi connectivity index (χ2n) is 6.27. The third-order valence-corrected chi connectivity index (χ3v) is 4.04. The lowest BCUT2D eigenvalue weighted by Crippen LogP contribution is -2.39. The quantitative estimate of drug-likeness (QED) is 0.879. The van der Waals surface area contributed by atoms with Crippen molar-refractivity contribution in [1.82, 2.24) is 5.32 Å². The maximum atomic E-state index is 13.9. The Labute approximate surface area is 121 Å². The van der Waals surface area contributed by atoms with Crippen molar-refractivity contribution in [2.45, 2.75) is 38.6 Å². The summed E-state index contributed by atoms with van der Waals surface area (Å²) in [5.74, 6) is -0.357. The molecule has 5 heteroatoms. The molecule has 0 saturated heterocycles. The second-order valence-corrected chi connectivity index (χ2v) is 8.53. The molecule has 1 rings (SSSR count). The van der Waals surface area contributed by atoms with Gasteiger partial charge in [0.05, 0.1) is 5.75 Å². The minimum absolute atomic E-state index is 0.0673. The second kappa shape index (κ2) is 6.68. The molecule has 0 saturated carbocycles. The number of halogens is 1. The third kappa shape index (κ3) is 6.48. The molecule has 1 N–H and O–H groups in total. The zero-order valence-electron chi connectivity index (χ0n) is 12.6. The molecule has 0 radical (unpaired) electrons. The number of nitrogens with one attached hydrogen (secondary N) is 1. The Bertz CT molecular complexity index is 535. The van der Waals surface area contributed by atoms with Crippen LogP contribution in [-0.4, -0.2) is 32.5 Å². The SMILES string of the molecule is CC(C)(C)NCC(CCS(C)(=O)=O)c1ccccc1F. The van der Waals surface area contributed by atoms with Crippen molar-refractivity contribution in [2.75, 3.05) is 18.6 Å². The molecule has 0 aliphatic rings. The first kappa shape index (κ1) is 17.1. The van der Waals surface area contributed by atoms with Gasteiger partial charge in [0.1, 0.15) is 15.7 Å². The Morgan fingerprint density at radius 1 is 1.25 bits per heavy atom. The van der Waals surface area contributed by atoms with Gasteiger partial charge in [-0.15, -0.1) is 0 Å². The molecule has 0 aliphatic carbocycles. The van der Waals surface area contributed by atoms with Gasteiger partial charge in [0.25, 0.3) is 0 Å². The first-order valence-corrected chi connectivity index (χ1v) is 8.82. The van der Waals surface area contributed by atoms with Crippen LogP contribution in [0, 0.1) is 5.82 Å². The van der Waals surface area contributed by atoms with E-state index in [4.69, 9.17) is 0 Å². The summed E-state index contributed by atoms with van der Waals surface area (Å²) in [7, 11) is -3.04. The molecule has 20 heavy (non-hydrogen) atoms. The summed E-state index contributed by atoms with van der Waals surface area (Å²) in [6.07, 6.45) is 1.63. The van der Waals surface area contributed by atoms with Gasteiger partial charge in [0.2, 0.25) is 0 Å². The fourth-order valence-corrected chi connectivity index (χ4v) is 2.67. The van der Waals surface area contributed by atoms with E-state index >= 15 is 0 Å². The molecule has 0 amide bonds. The van der Waals surface area contributed by atoms with Crippen molar-refractivity contribution in [1.29, 1.82) is 0 Å². The first-order chi connectivity index (χ1) is 9.08. The van der Waals surface area contributed by atoms with Crippen LogP contribution >= 0.6 is 0 Å². The van der Waals surface area contributed by atoms with Gasteiger partial charge in [-0.05, 0) is 38.8 Å². The van der Waals surface area contributed by atoms with Crippen LogP contribution in [0.1, 0.15) is 38.7 Å². The molecule has 0 aromatic heterocycles. The molecular weight excluding hydrogens is 277 g/mol. The Morgan fingerprint density at radius 3 is 2.35 bits per heavy atom. The van der Waals surface area contributed by atoms with Gasteiger partial charge >= 0.3 is 0 Å². The average molecular weight is 301 g/mol. The smallest absolute Gasteiger partial charge is 0.147 e. The number of benzene rings is 1. The molecule has 1 unspecified atom stereocenters. The molecule has 0 aliphatic heterocycles. The van der Waals surface area contributed by atoms with E-state index in [0.717, 1.165) is 0 Å². The minimum Gasteiger partial charge on any atom is -0.311 e. The highest BCUT2D eigenvalue weighted by atomic mass is 32.2. The fourth-order valence-electron chi connectivity index (χ4n) is 1.96. The van der Waals surface area contributed by atoms with E-state index in [-0.39, 0.29) is 23.0 Å². The molecule has 114 valence electrons. The average Bonchev–Trinajstić information content (AvgIpc) is 2.28. The highest BCUT2D eigenvalue weighted by Gasteiger charge is 2.20. The molecule has 1 atom stereocenters. The molecular formula is C15H24FNO2S. The minimum atomic E-state index is -3.04. The Morgan fingerprint density at radius 2 is 1.85 bits per heavy atom. The molecule has 0 spiro atoms. The van der Waals surface area contributed by atoms with Crippen molar-refractivity contribution >= 4 is 9.84 Å². The molecule has 3 nitrogen and oxygen atoms in total. The number of sulfone groups is 1. The van der Waals surface area contributed by atoms with E-state index in [0.29, 0.717) is 18.5 Å². The number of rotatable bonds is 6. The monoisotopic (exact) mass is 301 g/mol. The lowest BCUT2D eigenvalue weighted by molar-refractivity contribution is 0.398. The number of hydrogen-bond acceptors (Lipinski definition) is 3. The molecule has 1 aromatic rings. The first-order valence-electron chi connectivity index (χ1n) is 6.76. The van der Waals surface area contributed by atoms with Gasteiger partial charge in [-0.25, -0.2) is 12.8 Å². The van der Waals surface area contributed by atoms with Gasteiger partial charge in [-0.2, -0.15) is 0 Å². The zero-order chi connectivity index (χ0) is 15.4. The zero-order valence-corrected chi connectivity index (χ0v) is 13.4. The van der Waals surface area contributed by atoms with Crippen molar-refractivity contribution in [2.24, 2.45) is 0 Å². The highest BCUT2D eigenvalue weighted by Crippen LogP contribution is 2.23. The number of hydrogen-bond donors (Lipinski definition) is 1. The van der Waals surface area contributed by atoms with Crippen molar-refractivity contribution < 1.29 is 12.8 Å². The van der Waals surface area contributed by atoms with E-state index in [1.807, 2.05) is 20.8 Å². The topological polar surface area (TPSA) is 46.2 Å². The summed E-state index contributed by atoms with van der Waals surface area (Å²) in [6.45, 7) is 6.64. The van der Waals surface area contributed by atoms with E-state index < -0.39 is 9.84 Å². The lowest BCUT2D eigenvalue weighted by atomic mass is 9.94. The summed E-state index contributed by atoms with van der Waals surface area (Å²) in [5.41, 5.74) is 0.488. The molecule has 0 bridgehead atoms. The van der Waals surface area contributed by atoms with Gasteiger partial charge in [0.15, 0.2) is 0 Å². The van der Waals surface area contributed by atoms with Crippen LogP contribution in [0.3, 0.4) is 0 Å². The molecule has 0 fully saturated rings. The maximum absolute atomic E-state index is 13.9. The molecule has 1 aromatic carbocycles. The summed E-state index contributed by atoms with van der Waals surface area (Å²) in [5, 5.41) is 3.32. The van der Waals surface area contributed by atoms with Gasteiger partial charge in [-0.1, -0.05) is 18.2 Å². The Balaban J connectivity index is 2.87. The third-order valence-electron chi connectivity index (χ3n) is 3.06. The largest absolute Gasteiger partial charge is 0.311 e. The normalized spacial score (nSPS) is 14.2. The van der Waals surface area contributed by atoms with Crippen molar-refractivity contribution in [3.05, 3.63) is 35.6 Å². The molecule has 0 heterocycles. The Kier molecular flexibility index (Phi) is 5.71. The summed E-state index contributed by atoms with van der Waals surface area (Å²) >= 11 is 0. The standard InChI is InChI=1S/C15H24FNO2S/c1-15(2,3)17-11-12(9-10-20(4,18)19)13-7-5-6-8-14(13)16/h5-8,12,17H,9-11H2,1-4H3. The maximum Gasteiger partial charge on any atom is 0.147 e. The van der Waals surface area contributed by atoms with Crippen molar-refractivity contribution in [3.8, 4) is 0 Å². The van der Waals surface area contributed by atoms with Gasteiger partial charge < -0.3 is 5.32 Å². The van der Waals surface area contributed by atoms with Crippen LogP contribution in [0.25, 0.3) is 0 Å². The van der Waals surface area contributed by atoms with Crippen LogP contribution in [0.4, 0.5) is 4.39 Å². The van der Waals surface area contributed by atoms with E-state index in [1.54, 1.807) is 18.2 Å². The fraction of sp³-hybridized carbons (Fsp3) is 0.600. The summed E-state index contributed by atoms with van der Waals surface area (Å²) in [6, 6.07) is 6.57. The van der Waals surface area contributed by atoms with E-state index in [9.17, 15) is 12.8 Å². The van der Waals surface area contributed by atoms with Gasteiger partial charge in [0, 0.05) is 24.3 Å². The van der Waals surface area contributed by atoms with Gasteiger partial charge in [-0.3, -0.25) is 0 Å². The van der Waals surface area contributed by atoms with E-state index in [1.165, 1.54) is 12.3 Å².